The van der Waals surface area contributed by atoms with Crippen LogP contribution in [0.4, 0.5) is 5.69 Å². The van der Waals surface area contributed by atoms with E-state index in [-0.39, 0.29) is 18.4 Å². The van der Waals surface area contributed by atoms with Crippen molar-refractivity contribution in [3.63, 3.8) is 0 Å². The number of pyridine rings is 1. The van der Waals surface area contributed by atoms with Crippen molar-refractivity contribution >= 4 is 22.6 Å². The third-order valence-electron chi connectivity index (χ3n) is 5.04. The van der Waals surface area contributed by atoms with Crippen molar-refractivity contribution in [1.29, 1.82) is 5.26 Å². The van der Waals surface area contributed by atoms with Gasteiger partial charge in [0.15, 0.2) is 0 Å². The third-order valence-corrected chi connectivity index (χ3v) is 5.04. The number of hydrogen-bond donors (Lipinski definition) is 2. The number of aromatic nitrogens is 4. The van der Waals surface area contributed by atoms with Crippen molar-refractivity contribution < 1.29 is 4.79 Å². The van der Waals surface area contributed by atoms with Crippen LogP contribution in [0.2, 0.25) is 0 Å². The second-order valence-electron chi connectivity index (χ2n) is 7.20. The minimum absolute atomic E-state index is 0.0764. The Balaban J connectivity index is 1.68. The SMILES string of the molecule is C[C@@H]1C[C@H](Nc2c(-c3ccncn3)cnc3[nH]ccc23)CN(C(=O)CC#N)C1. The first-order valence-corrected chi connectivity index (χ1v) is 9.29. The van der Waals surface area contributed by atoms with Crippen LogP contribution in [0.5, 0.6) is 0 Å². The molecule has 0 bridgehead atoms. The molecule has 1 saturated heterocycles. The number of aromatic amines is 1. The number of anilines is 1. The number of nitrogens with one attached hydrogen (secondary N) is 2. The number of rotatable bonds is 4. The van der Waals surface area contributed by atoms with Crippen molar-refractivity contribution in [3.05, 3.63) is 37.1 Å². The predicted molar refractivity (Wildman–Crippen MR) is 105 cm³/mol. The molecular formula is C20H21N7O. The number of nitrogens with zero attached hydrogens (tertiary/aromatic N) is 5. The zero-order valence-electron chi connectivity index (χ0n) is 15.6. The topological polar surface area (TPSA) is 111 Å². The van der Waals surface area contributed by atoms with Crippen LogP contribution in [0.25, 0.3) is 22.3 Å². The van der Waals surface area contributed by atoms with Crippen LogP contribution in [0, 0.1) is 17.2 Å². The summed E-state index contributed by atoms with van der Waals surface area (Å²) in [5, 5.41) is 13.5. The number of nitriles is 1. The van der Waals surface area contributed by atoms with E-state index in [9.17, 15) is 4.79 Å². The molecule has 2 atom stereocenters. The number of hydrogen-bond acceptors (Lipinski definition) is 6. The molecular weight excluding hydrogens is 354 g/mol. The Morgan fingerprint density at radius 3 is 3.07 bits per heavy atom. The van der Waals surface area contributed by atoms with Gasteiger partial charge in [0.1, 0.15) is 18.4 Å². The number of H-pyrrole nitrogens is 1. The highest BCUT2D eigenvalue weighted by molar-refractivity contribution is 5.97. The van der Waals surface area contributed by atoms with Gasteiger partial charge in [0, 0.05) is 48.7 Å². The Labute approximate surface area is 162 Å². The first-order valence-electron chi connectivity index (χ1n) is 9.29. The van der Waals surface area contributed by atoms with Crippen molar-refractivity contribution in [2.45, 2.75) is 25.8 Å². The van der Waals surface area contributed by atoms with Gasteiger partial charge in [0.25, 0.3) is 0 Å². The lowest BCUT2D eigenvalue weighted by Gasteiger charge is -2.37. The van der Waals surface area contributed by atoms with Crippen LogP contribution in [-0.2, 0) is 4.79 Å². The van der Waals surface area contributed by atoms with E-state index in [2.05, 4.69) is 32.2 Å². The Morgan fingerprint density at radius 2 is 2.29 bits per heavy atom. The maximum Gasteiger partial charge on any atom is 0.236 e. The van der Waals surface area contributed by atoms with E-state index in [1.54, 1.807) is 17.3 Å². The van der Waals surface area contributed by atoms with Gasteiger partial charge in [-0.1, -0.05) is 6.92 Å². The van der Waals surface area contributed by atoms with Crippen molar-refractivity contribution in [2.24, 2.45) is 5.92 Å². The summed E-state index contributed by atoms with van der Waals surface area (Å²) >= 11 is 0. The van der Waals surface area contributed by atoms with Gasteiger partial charge < -0.3 is 15.2 Å². The van der Waals surface area contributed by atoms with Gasteiger partial charge in [-0.25, -0.2) is 15.0 Å². The summed E-state index contributed by atoms with van der Waals surface area (Å²) in [4.78, 5) is 30.0. The monoisotopic (exact) mass is 375 g/mol. The molecule has 0 radical (unpaired) electrons. The van der Waals surface area contributed by atoms with Gasteiger partial charge in [-0.15, -0.1) is 0 Å². The quantitative estimate of drug-likeness (QED) is 0.725. The summed E-state index contributed by atoms with van der Waals surface area (Å²) in [6.07, 6.45) is 7.74. The first-order chi connectivity index (χ1) is 13.7. The van der Waals surface area contributed by atoms with E-state index < -0.39 is 0 Å². The number of piperidine rings is 1. The summed E-state index contributed by atoms with van der Waals surface area (Å²) in [5.41, 5.74) is 3.41. The van der Waals surface area contributed by atoms with Crippen LogP contribution in [0.1, 0.15) is 19.8 Å². The highest BCUT2D eigenvalue weighted by atomic mass is 16.2. The van der Waals surface area contributed by atoms with Crippen LogP contribution in [0.3, 0.4) is 0 Å². The van der Waals surface area contributed by atoms with Gasteiger partial charge in [0.2, 0.25) is 5.91 Å². The number of fused-ring (bicyclic) bond motifs is 1. The van der Waals surface area contributed by atoms with Gasteiger partial charge in [0.05, 0.1) is 17.5 Å². The molecule has 0 spiro atoms. The van der Waals surface area contributed by atoms with Crippen molar-refractivity contribution in [2.75, 3.05) is 18.4 Å². The molecule has 1 fully saturated rings. The summed E-state index contributed by atoms with van der Waals surface area (Å²) in [7, 11) is 0. The average Bonchev–Trinajstić information content (AvgIpc) is 3.18. The fourth-order valence-corrected chi connectivity index (χ4v) is 3.85. The molecule has 3 aromatic rings. The Bertz CT molecular complexity index is 1020. The second-order valence-corrected chi connectivity index (χ2v) is 7.20. The third kappa shape index (κ3) is 3.51. The normalized spacial score (nSPS) is 19.4. The van der Waals surface area contributed by atoms with E-state index in [1.807, 2.05) is 24.4 Å². The number of carbonyl (C=O) groups is 1. The van der Waals surface area contributed by atoms with Gasteiger partial charge in [-0.05, 0) is 24.5 Å². The molecule has 8 heteroatoms. The number of likely N-dealkylation sites (tertiary alicyclic amines) is 1. The Kier molecular flexibility index (Phi) is 4.89. The zero-order chi connectivity index (χ0) is 19.5. The molecule has 3 aromatic heterocycles. The van der Waals surface area contributed by atoms with E-state index in [0.29, 0.717) is 19.0 Å². The van der Waals surface area contributed by atoms with Crippen molar-refractivity contribution in [1.82, 2.24) is 24.8 Å². The molecule has 1 aliphatic heterocycles. The molecule has 1 aliphatic rings. The maximum absolute atomic E-state index is 12.2. The van der Waals surface area contributed by atoms with Gasteiger partial charge in [-0.3, -0.25) is 4.79 Å². The second kappa shape index (κ2) is 7.64. The van der Waals surface area contributed by atoms with Crippen LogP contribution < -0.4 is 5.32 Å². The van der Waals surface area contributed by atoms with Crippen LogP contribution >= 0.6 is 0 Å². The molecule has 8 nitrogen and oxygen atoms in total. The fraction of sp³-hybridized carbons (Fsp3) is 0.350. The van der Waals surface area contributed by atoms with Crippen molar-refractivity contribution in [3.8, 4) is 17.3 Å². The van der Waals surface area contributed by atoms with E-state index in [4.69, 9.17) is 5.26 Å². The number of carbonyl (C=O) groups excluding carboxylic acids is 1. The smallest absolute Gasteiger partial charge is 0.236 e. The molecule has 4 rings (SSSR count). The van der Waals surface area contributed by atoms with E-state index in [1.165, 1.54) is 6.33 Å². The highest BCUT2D eigenvalue weighted by Gasteiger charge is 2.28. The lowest BCUT2D eigenvalue weighted by molar-refractivity contribution is -0.132. The molecule has 4 heterocycles. The molecule has 1 amide bonds. The summed E-state index contributed by atoms with van der Waals surface area (Å²) < 4.78 is 0. The minimum atomic E-state index is -0.113. The molecule has 0 saturated carbocycles. The molecule has 142 valence electrons. The molecule has 0 aromatic carbocycles. The Hall–Kier alpha value is -3.47. The Morgan fingerprint density at radius 1 is 1.39 bits per heavy atom. The average molecular weight is 375 g/mol. The zero-order valence-corrected chi connectivity index (χ0v) is 15.6. The minimum Gasteiger partial charge on any atom is -0.379 e. The van der Waals surface area contributed by atoms with Crippen LogP contribution in [0.15, 0.2) is 37.1 Å². The maximum atomic E-state index is 12.2. The van der Waals surface area contributed by atoms with E-state index in [0.717, 1.165) is 34.4 Å². The van der Waals surface area contributed by atoms with Crippen LogP contribution in [-0.4, -0.2) is 49.9 Å². The predicted octanol–water partition coefficient (Wildman–Crippen LogP) is 2.58. The first kappa shape index (κ1) is 17.9. The lowest BCUT2D eigenvalue weighted by Crippen LogP contribution is -2.48. The largest absolute Gasteiger partial charge is 0.379 e. The highest BCUT2D eigenvalue weighted by Crippen LogP contribution is 2.34. The summed E-state index contributed by atoms with van der Waals surface area (Å²) in [5.74, 6) is 0.235. The van der Waals surface area contributed by atoms with E-state index >= 15 is 0 Å². The fourth-order valence-electron chi connectivity index (χ4n) is 3.85. The van der Waals surface area contributed by atoms with Gasteiger partial charge >= 0.3 is 0 Å². The summed E-state index contributed by atoms with van der Waals surface area (Å²) in [6, 6.07) is 5.87. The molecule has 28 heavy (non-hydrogen) atoms. The molecule has 2 N–H and O–H groups in total. The van der Waals surface area contributed by atoms with Gasteiger partial charge in [-0.2, -0.15) is 5.26 Å². The molecule has 0 aliphatic carbocycles. The standard InChI is InChI=1S/C20H21N7O/c1-13-8-14(11-27(10-13)18(28)2-5-21)26-19-15-3-7-23-20(15)24-9-16(19)17-4-6-22-12-25-17/h3-4,6-7,9,12-14H,2,8,10-11H2,1H3,(H2,23,24,26)/t13-,14+/m1/s1. The molecule has 0 unspecified atom stereocenters. The summed E-state index contributed by atoms with van der Waals surface area (Å²) in [6.45, 7) is 3.39. The number of amides is 1. The lowest BCUT2D eigenvalue weighted by atomic mass is 9.95.